The molecule has 0 aromatic rings. The molecule has 0 atom stereocenters. The normalized spacial score (nSPS) is 19.9. The number of carbonyl (C=O) groups is 1. The van der Waals surface area contributed by atoms with Crippen LogP contribution in [-0.2, 0) is 23.7 Å². The van der Waals surface area contributed by atoms with Crippen LogP contribution in [0.1, 0.15) is 13.3 Å². The fourth-order valence-corrected chi connectivity index (χ4v) is 1.42. The van der Waals surface area contributed by atoms with Crippen molar-refractivity contribution in [3.8, 4) is 0 Å². The van der Waals surface area contributed by atoms with Crippen LogP contribution in [0.3, 0.4) is 0 Å². The Hall–Kier alpha value is -0.650. The molecule has 0 spiro atoms. The summed E-state index contributed by atoms with van der Waals surface area (Å²) in [4.78, 5) is 10.8. The van der Waals surface area contributed by atoms with Gasteiger partial charge in [-0.25, -0.2) is 4.79 Å². The van der Waals surface area contributed by atoms with E-state index in [1.165, 1.54) is 7.11 Å². The van der Waals surface area contributed by atoms with Crippen LogP contribution in [-0.4, -0.2) is 46.3 Å². The van der Waals surface area contributed by atoms with Crippen LogP contribution in [0.5, 0.6) is 0 Å². The zero-order valence-corrected chi connectivity index (χ0v) is 9.28. The number of methoxy groups -OCH3 is 1. The van der Waals surface area contributed by atoms with Crippen molar-refractivity contribution >= 4 is 5.97 Å². The van der Waals surface area contributed by atoms with E-state index in [2.05, 4.69) is 11.7 Å². The van der Waals surface area contributed by atoms with Gasteiger partial charge in [0.1, 0.15) is 13.4 Å². The van der Waals surface area contributed by atoms with Gasteiger partial charge in [0.05, 0.1) is 26.9 Å². The quantitative estimate of drug-likeness (QED) is 0.632. The van der Waals surface area contributed by atoms with Gasteiger partial charge in [-0.2, -0.15) is 0 Å². The predicted molar refractivity (Wildman–Crippen MR) is 52.3 cm³/mol. The predicted octanol–water partition coefficient (Wildman–Crippen LogP) is 0.577. The van der Waals surface area contributed by atoms with Crippen molar-refractivity contribution in [2.24, 2.45) is 5.41 Å². The van der Waals surface area contributed by atoms with Crippen LogP contribution >= 0.6 is 0 Å². The van der Waals surface area contributed by atoms with Crippen molar-refractivity contribution in [2.45, 2.75) is 13.3 Å². The van der Waals surface area contributed by atoms with Crippen molar-refractivity contribution in [3.63, 3.8) is 0 Å². The minimum Gasteiger partial charge on any atom is -0.467 e. The van der Waals surface area contributed by atoms with Crippen molar-refractivity contribution in [3.05, 3.63) is 0 Å². The van der Waals surface area contributed by atoms with Gasteiger partial charge < -0.3 is 18.9 Å². The van der Waals surface area contributed by atoms with Gasteiger partial charge in [0.25, 0.3) is 0 Å². The van der Waals surface area contributed by atoms with E-state index in [0.29, 0.717) is 26.6 Å². The molecule has 0 radical (unpaired) electrons. The van der Waals surface area contributed by atoms with Gasteiger partial charge in [-0.3, -0.25) is 0 Å². The van der Waals surface area contributed by atoms with Gasteiger partial charge in [0.2, 0.25) is 0 Å². The average Bonchev–Trinajstić information content (AvgIpc) is 2.30. The fraction of sp³-hybridized carbons (Fsp3) is 0.900. The van der Waals surface area contributed by atoms with E-state index in [0.717, 1.165) is 6.42 Å². The van der Waals surface area contributed by atoms with E-state index in [9.17, 15) is 4.79 Å². The lowest BCUT2D eigenvalue weighted by Gasteiger charge is -2.35. The number of hydrogen-bond donors (Lipinski definition) is 0. The van der Waals surface area contributed by atoms with Gasteiger partial charge in [0.15, 0.2) is 0 Å². The molecule has 1 saturated heterocycles. The molecule has 1 aliphatic heterocycles. The zero-order valence-electron chi connectivity index (χ0n) is 9.28. The van der Waals surface area contributed by atoms with Gasteiger partial charge in [0, 0.05) is 5.41 Å². The number of ether oxygens (including phenoxy) is 4. The molecule has 1 rings (SSSR count). The van der Waals surface area contributed by atoms with Crippen molar-refractivity contribution in [1.82, 2.24) is 0 Å². The maximum atomic E-state index is 10.8. The molecule has 5 heteroatoms. The Morgan fingerprint density at radius 2 is 2.07 bits per heavy atom. The second-order valence-electron chi connectivity index (χ2n) is 3.74. The molecule has 1 aliphatic rings. The SMILES string of the molecule is CCC1(COCC(=O)OC)COCOC1. The molecule has 0 aromatic carbocycles. The standard InChI is InChI=1S/C10H18O5/c1-3-10(6-14-8-15-7-10)5-13-4-9(11)12-2/h3-8H2,1-2H3. The van der Waals surface area contributed by atoms with E-state index in [1.807, 2.05) is 0 Å². The summed E-state index contributed by atoms with van der Waals surface area (Å²) in [5, 5.41) is 0. The smallest absolute Gasteiger partial charge is 0.331 e. The molecule has 88 valence electrons. The highest BCUT2D eigenvalue weighted by molar-refractivity contribution is 5.70. The van der Waals surface area contributed by atoms with Crippen LogP contribution < -0.4 is 0 Å². The molecule has 15 heavy (non-hydrogen) atoms. The second kappa shape index (κ2) is 6.05. The first-order chi connectivity index (χ1) is 7.22. The third-order valence-corrected chi connectivity index (χ3v) is 2.59. The largest absolute Gasteiger partial charge is 0.467 e. The van der Waals surface area contributed by atoms with E-state index < -0.39 is 0 Å². The minimum absolute atomic E-state index is 0.0156. The first-order valence-corrected chi connectivity index (χ1v) is 5.02. The summed E-state index contributed by atoms with van der Waals surface area (Å²) in [5.41, 5.74) is -0.119. The molecule has 5 nitrogen and oxygen atoms in total. The van der Waals surface area contributed by atoms with Gasteiger partial charge >= 0.3 is 5.97 Å². The highest BCUT2D eigenvalue weighted by atomic mass is 16.7. The Morgan fingerprint density at radius 3 is 2.60 bits per heavy atom. The summed E-state index contributed by atoms with van der Waals surface area (Å²) in [6.07, 6.45) is 0.897. The van der Waals surface area contributed by atoms with Crippen LogP contribution in [0.4, 0.5) is 0 Å². The average molecular weight is 218 g/mol. The van der Waals surface area contributed by atoms with Crippen molar-refractivity contribution < 1.29 is 23.7 Å². The molecular weight excluding hydrogens is 200 g/mol. The third kappa shape index (κ3) is 3.77. The highest BCUT2D eigenvalue weighted by Crippen LogP contribution is 2.26. The Balaban J connectivity index is 2.29. The van der Waals surface area contributed by atoms with Crippen molar-refractivity contribution in [2.75, 3.05) is 40.3 Å². The maximum Gasteiger partial charge on any atom is 0.331 e. The Morgan fingerprint density at radius 1 is 1.40 bits per heavy atom. The number of carbonyl (C=O) groups excluding carboxylic acids is 1. The van der Waals surface area contributed by atoms with Gasteiger partial charge in [-0.1, -0.05) is 6.92 Å². The van der Waals surface area contributed by atoms with Crippen molar-refractivity contribution in [1.29, 1.82) is 0 Å². The second-order valence-corrected chi connectivity index (χ2v) is 3.74. The summed E-state index contributed by atoms with van der Waals surface area (Å²) in [5.74, 6) is -0.362. The van der Waals surface area contributed by atoms with E-state index in [4.69, 9.17) is 14.2 Å². The maximum absolute atomic E-state index is 10.8. The molecule has 0 aromatic heterocycles. The molecule has 0 N–H and O–H groups in total. The van der Waals surface area contributed by atoms with E-state index >= 15 is 0 Å². The fourth-order valence-electron chi connectivity index (χ4n) is 1.42. The molecule has 0 bridgehead atoms. The van der Waals surface area contributed by atoms with Gasteiger partial charge in [-0.15, -0.1) is 0 Å². The summed E-state index contributed by atoms with van der Waals surface area (Å²) in [6.45, 7) is 4.07. The lowest BCUT2D eigenvalue weighted by atomic mass is 9.87. The topological polar surface area (TPSA) is 54.0 Å². The minimum atomic E-state index is -0.362. The Bertz CT molecular complexity index is 198. The Kier molecular flexibility index (Phi) is 5.01. The summed E-state index contributed by atoms with van der Waals surface area (Å²) in [6, 6.07) is 0. The van der Waals surface area contributed by atoms with E-state index in [-0.39, 0.29) is 18.0 Å². The van der Waals surface area contributed by atoms with Crippen LogP contribution in [0.25, 0.3) is 0 Å². The summed E-state index contributed by atoms with van der Waals surface area (Å²) < 4.78 is 20.2. The van der Waals surface area contributed by atoms with Gasteiger partial charge in [-0.05, 0) is 6.42 Å². The number of esters is 1. The lowest BCUT2D eigenvalue weighted by Crippen LogP contribution is -2.41. The summed E-state index contributed by atoms with van der Waals surface area (Å²) in [7, 11) is 1.34. The molecule has 0 amide bonds. The van der Waals surface area contributed by atoms with Crippen LogP contribution in [0.15, 0.2) is 0 Å². The molecule has 0 aliphatic carbocycles. The monoisotopic (exact) mass is 218 g/mol. The first kappa shape index (κ1) is 12.4. The molecule has 1 fully saturated rings. The highest BCUT2D eigenvalue weighted by Gasteiger charge is 2.32. The zero-order chi connectivity index (χ0) is 11.1. The van der Waals surface area contributed by atoms with Crippen LogP contribution in [0, 0.1) is 5.41 Å². The summed E-state index contributed by atoms with van der Waals surface area (Å²) >= 11 is 0. The molecule has 0 saturated carbocycles. The molecule has 1 heterocycles. The molecule has 0 unspecified atom stereocenters. The Labute approximate surface area is 89.6 Å². The molecular formula is C10H18O5. The third-order valence-electron chi connectivity index (χ3n) is 2.59. The van der Waals surface area contributed by atoms with Crippen LogP contribution in [0.2, 0.25) is 0 Å². The first-order valence-electron chi connectivity index (χ1n) is 5.02. The number of rotatable bonds is 5. The number of hydrogen-bond acceptors (Lipinski definition) is 5. The lowest BCUT2D eigenvalue weighted by molar-refractivity contribution is -0.185. The van der Waals surface area contributed by atoms with E-state index in [1.54, 1.807) is 0 Å².